The Morgan fingerprint density at radius 1 is 1.00 bits per heavy atom. The molecular formula is C22H25N3O2. The zero-order valence-electron chi connectivity index (χ0n) is 16.2. The third-order valence-electron chi connectivity index (χ3n) is 4.79. The summed E-state index contributed by atoms with van der Waals surface area (Å²) in [5, 5.41) is 5.57. The molecule has 0 spiro atoms. The number of hydrogen-bond acceptors (Lipinski definition) is 3. The number of hydrogen-bond donors (Lipinski definition) is 0. The first-order valence-electron chi connectivity index (χ1n) is 9.22. The van der Waals surface area contributed by atoms with E-state index in [-0.39, 0.29) is 23.4 Å². The van der Waals surface area contributed by atoms with E-state index in [2.05, 4.69) is 5.10 Å². The fourth-order valence-corrected chi connectivity index (χ4v) is 3.16. The third-order valence-corrected chi connectivity index (χ3v) is 4.79. The number of fused-ring (bicyclic) bond motifs is 1. The van der Waals surface area contributed by atoms with Crippen LogP contribution in [0.25, 0.3) is 10.8 Å². The van der Waals surface area contributed by atoms with Gasteiger partial charge in [0.2, 0.25) is 0 Å². The molecule has 1 amide bonds. The Hall–Kier alpha value is -2.95. The second-order valence-electron chi connectivity index (χ2n) is 7.28. The van der Waals surface area contributed by atoms with Gasteiger partial charge in [-0.1, -0.05) is 62.4 Å². The van der Waals surface area contributed by atoms with Crippen molar-refractivity contribution in [2.75, 3.05) is 7.05 Å². The molecule has 1 unspecified atom stereocenters. The fraction of sp³-hybridized carbons (Fsp3) is 0.318. The highest BCUT2D eigenvalue weighted by Gasteiger charge is 2.24. The molecule has 0 radical (unpaired) electrons. The first kappa shape index (κ1) is 18.8. The van der Waals surface area contributed by atoms with Crippen LogP contribution in [0.4, 0.5) is 0 Å². The lowest BCUT2D eigenvalue weighted by atomic mass is 10.1. The van der Waals surface area contributed by atoms with Gasteiger partial charge < -0.3 is 4.90 Å². The van der Waals surface area contributed by atoms with Crippen LogP contribution in [0.5, 0.6) is 0 Å². The summed E-state index contributed by atoms with van der Waals surface area (Å²) in [7, 11) is 1.77. The van der Waals surface area contributed by atoms with Gasteiger partial charge in [0, 0.05) is 19.0 Å². The quantitative estimate of drug-likeness (QED) is 0.691. The summed E-state index contributed by atoms with van der Waals surface area (Å²) in [6, 6.07) is 17.0. The van der Waals surface area contributed by atoms with Crippen LogP contribution in [0.3, 0.4) is 0 Å². The Balaban J connectivity index is 2.08. The van der Waals surface area contributed by atoms with E-state index in [4.69, 9.17) is 0 Å². The molecular weight excluding hydrogens is 338 g/mol. The summed E-state index contributed by atoms with van der Waals surface area (Å²) in [6.07, 6.45) is 0. The Bertz CT molecular complexity index is 1010. The minimum Gasteiger partial charge on any atom is -0.334 e. The maximum Gasteiger partial charge on any atom is 0.275 e. The molecule has 5 nitrogen and oxygen atoms in total. The van der Waals surface area contributed by atoms with Crippen LogP contribution >= 0.6 is 0 Å². The van der Waals surface area contributed by atoms with Gasteiger partial charge in [0.05, 0.1) is 11.4 Å². The largest absolute Gasteiger partial charge is 0.334 e. The lowest BCUT2D eigenvalue weighted by Gasteiger charge is -2.25. The SMILES string of the molecule is CC(C)Cn1nc(C(=O)N(C)C(C)c2ccccc2)c2ccccc2c1=O. The molecule has 3 rings (SSSR count). The molecule has 27 heavy (non-hydrogen) atoms. The van der Waals surface area contributed by atoms with Gasteiger partial charge in [-0.3, -0.25) is 9.59 Å². The van der Waals surface area contributed by atoms with Crippen molar-refractivity contribution in [3.63, 3.8) is 0 Å². The van der Waals surface area contributed by atoms with Crippen LogP contribution in [-0.2, 0) is 6.54 Å². The third kappa shape index (κ3) is 3.77. The molecule has 0 N–H and O–H groups in total. The van der Waals surface area contributed by atoms with Crippen LogP contribution in [0.15, 0.2) is 59.4 Å². The van der Waals surface area contributed by atoms with Crippen molar-refractivity contribution in [1.82, 2.24) is 14.7 Å². The predicted octanol–water partition coefficient (Wildman–Crippen LogP) is 3.89. The molecule has 1 heterocycles. The summed E-state index contributed by atoms with van der Waals surface area (Å²) in [5.74, 6) is 0.0559. The molecule has 3 aromatic rings. The minimum absolute atomic E-state index is 0.107. The second kappa shape index (κ2) is 7.74. The number of amides is 1. The molecule has 0 aliphatic carbocycles. The Kier molecular flexibility index (Phi) is 5.40. The molecule has 0 saturated heterocycles. The molecule has 0 bridgehead atoms. The van der Waals surface area contributed by atoms with Crippen molar-refractivity contribution >= 4 is 16.7 Å². The Labute approximate surface area is 159 Å². The van der Waals surface area contributed by atoms with Crippen LogP contribution in [0.2, 0.25) is 0 Å². The van der Waals surface area contributed by atoms with Crippen molar-refractivity contribution in [1.29, 1.82) is 0 Å². The van der Waals surface area contributed by atoms with Crippen molar-refractivity contribution < 1.29 is 4.79 Å². The molecule has 1 aromatic heterocycles. The van der Waals surface area contributed by atoms with Gasteiger partial charge in [0.1, 0.15) is 0 Å². The summed E-state index contributed by atoms with van der Waals surface area (Å²) in [5.41, 5.74) is 1.21. The van der Waals surface area contributed by atoms with E-state index in [1.807, 2.05) is 63.2 Å². The van der Waals surface area contributed by atoms with Gasteiger partial charge in [-0.05, 0) is 24.5 Å². The normalized spacial score (nSPS) is 12.3. The molecule has 2 aromatic carbocycles. The molecule has 0 aliphatic rings. The second-order valence-corrected chi connectivity index (χ2v) is 7.28. The summed E-state index contributed by atoms with van der Waals surface area (Å²) in [6.45, 7) is 6.50. The molecule has 5 heteroatoms. The average Bonchev–Trinajstić information content (AvgIpc) is 2.69. The van der Waals surface area contributed by atoms with Crippen molar-refractivity contribution in [2.24, 2.45) is 5.92 Å². The van der Waals surface area contributed by atoms with Gasteiger partial charge in [-0.2, -0.15) is 5.10 Å². The number of aromatic nitrogens is 2. The topological polar surface area (TPSA) is 55.2 Å². The maximum absolute atomic E-state index is 13.3. The minimum atomic E-state index is -0.194. The Morgan fingerprint density at radius 2 is 1.59 bits per heavy atom. The van der Waals surface area contributed by atoms with E-state index in [1.165, 1.54) is 4.68 Å². The first-order valence-corrected chi connectivity index (χ1v) is 9.22. The van der Waals surface area contributed by atoms with E-state index in [1.54, 1.807) is 24.1 Å². The van der Waals surface area contributed by atoms with Gasteiger partial charge in [-0.15, -0.1) is 0 Å². The first-order chi connectivity index (χ1) is 12.9. The summed E-state index contributed by atoms with van der Waals surface area (Å²) in [4.78, 5) is 27.7. The maximum atomic E-state index is 13.3. The van der Waals surface area contributed by atoms with E-state index < -0.39 is 0 Å². The van der Waals surface area contributed by atoms with Gasteiger partial charge in [0.15, 0.2) is 5.69 Å². The van der Waals surface area contributed by atoms with E-state index in [0.29, 0.717) is 23.0 Å². The predicted molar refractivity (Wildman–Crippen MR) is 108 cm³/mol. The number of rotatable bonds is 5. The zero-order chi connectivity index (χ0) is 19.6. The molecule has 0 aliphatic heterocycles. The highest BCUT2D eigenvalue weighted by atomic mass is 16.2. The lowest BCUT2D eigenvalue weighted by Crippen LogP contribution is -2.34. The van der Waals surface area contributed by atoms with Crippen molar-refractivity contribution in [3.8, 4) is 0 Å². The van der Waals surface area contributed by atoms with Gasteiger partial charge in [-0.25, -0.2) is 4.68 Å². The molecule has 0 saturated carbocycles. The van der Waals surface area contributed by atoms with Crippen LogP contribution in [0.1, 0.15) is 42.9 Å². The number of carbonyl (C=O) groups is 1. The molecule has 140 valence electrons. The summed E-state index contributed by atoms with van der Waals surface area (Å²) >= 11 is 0. The number of benzene rings is 2. The van der Waals surface area contributed by atoms with Crippen molar-refractivity contribution in [3.05, 3.63) is 76.2 Å². The highest BCUT2D eigenvalue weighted by Crippen LogP contribution is 2.22. The van der Waals surface area contributed by atoms with E-state index >= 15 is 0 Å². The number of carbonyl (C=O) groups excluding carboxylic acids is 1. The van der Waals surface area contributed by atoms with E-state index in [0.717, 1.165) is 5.56 Å². The van der Waals surface area contributed by atoms with Gasteiger partial charge in [0.25, 0.3) is 11.5 Å². The standard InChI is InChI=1S/C22H25N3O2/c1-15(2)14-25-21(26)19-13-9-8-12-18(19)20(23-25)22(27)24(4)16(3)17-10-6-5-7-11-17/h5-13,15-16H,14H2,1-4H3. The van der Waals surface area contributed by atoms with Crippen LogP contribution in [-0.4, -0.2) is 27.6 Å². The highest BCUT2D eigenvalue weighted by molar-refractivity contribution is 6.04. The van der Waals surface area contributed by atoms with Crippen LogP contribution in [0, 0.1) is 5.92 Å². The summed E-state index contributed by atoms with van der Waals surface area (Å²) < 4.78 is 1.42. The fourth-order valence-electron chi connectivity index (χ4n) is 3.16. The monoisotopic (exact) mass is 363 g/mol. The molecule has 0 fully saturated rings. The Morgan fingerprint density at radius 3 is 2.22 bits per heavy atom. The van der Waals surface area contributed by atoms with E-state index in [9.17, 15) is 9.59 Å². The lowest BCUT2D eigenvalue weighted by molar-refractivity contribution is 0.0736. The average molecular weight is 363 g/mol. The zero-order valence-corrected chi connectivity index (χ0v) is 16.2. The van der Waals surface area contributed by atoms with Crippen molar-refractivity contribution in [2.45, 2.75) is 33.4 Å². The van der Waals surface area contributed by atoms with Crippen LogP contribution < -0.4 is 5.56 Å². The number of nitrogens with zero attached hydrogens (tertiary/aromatic N) is 3. The smallest absolute Gasteiger partial charge is 0.275 e. The van der Waals surface area contributed by atoms with Gasteiger partial charge >= 0.3 is 0 Å². The molecule has 1 atom stereocenters.